The first-order valence-electron chi connectivity index (χ1n) is 29.1. The molecule has 0 saturated carbocycles. The number of halogens is 2. The molecular weight excluding hydrogens is 1110 g/mol. The highest BCUT2D eigenvalue weighted by molar-refractivity contribution is 6.30. The Morgan fingerprint density at radius 2 is 1.06 bits per heavy atom. The number of fused-ring (bicyclic) bond motifs is 4. The second kappa shape index (κ2) is 26.8. The summed E-state index contributed by atoms with van der Waals surface area (Å²) in [6, 6.07) is 48.7. The van der Waals surface area contributed by atoms with Gasteiger partial charge in [-0.05, 0) is 114 Å². The number of rotatable bonds is 13. The SMILES string of the molecule is CN1N=C2CCN(C(=O)[C@@H](Cc3ccc(Cl)cc3)NC(=O)[C@H]3Cc4ccccc4CN3)CC2(Cc2ccccc2)C1=O.CN1N=C2CCN(C(=O)[C@H](N)Cc3ccc(Cl)cc3)CC2(Cc2ccccc2)C1=O.OC(O)[C@@H]1CCc2ccccc2C1. The smallest absolute Gasteiger partial charge is 0.256 e. The van der Waals surface area contributed by atoms with Gasteiger partial charge in [-0.15, -0.1) is 0 Å². The molecule has 6 N–H and O–H groups in total. The van der Waals surface area contributed by atoms with Gasteiger partial charge in [0.1, 0.15) is 16.9 Å². The highest BCUT2D eigenvalue weighted by atomic mass is 35.5. The molecule has 0 spiro atoms. The van der Waals surface area contributed by atoms with Gasteiger partial charge in [-0.25, -0.2) is 10.0 Å². The molecule has 85 heavy (non-hydrogen) atoms. The Morgan fingerprint density at radius 3 is 1.58 bits per heavy atom. The molecule has 5 aliphatic heterocycles. The minimum absolute atomic E-state index is 0.0231. The first-order valence-corrected chi connectivity index (χ1v) is 29.9. The monoisotopic (exact) mass is 1190 g/mol. The van der Waals surface area contributed by atoms with E-state index in [1.807, 2.05) is 115 Å². The van der Waals surface area contributed by atoms with Crippen LogP contribution in [0.5, 0.6) is 0 Å². The lowest BCUT2D eigenvalue weighted by Crippen LogP contribution is -2.60. The van der Waals surface area contributed by atoms with Crippen LogP contribution in [0.2, 0.25) is 10.0 Å². The topological polar surface area (TPSA) is 214 Å². The van der Waals surface area contributed by atoms with Crippen LogP contribution in [0.1, 0.15) is 63.8 Å². The van der Waals surface area contributed by atoms with E-state index in [2.05, 4.69) is 39.0 Å². The van der Waals surface area contributed by atoms with Gasteiger partial charge in [0.15, 0.2) is 6.29 Å². The Morgan fingerprint density at radius 1 is 0.600 bits per heavy atom. The summed E-state index contributed by atoms with van der Waals surface area (Å²) in [5.41, 5.74) is 15.0. The Labute approximate surface area is 506 Å². The van der Waals surface area contributed by atoms with Crippen LogP contribution < -0.4 is 16.4 Å². The minimum Gasteiger partial charge on any atom is -0.368 e. The van der Waals surface area contributed by atoms with Crippen molar-refractivity contribution in [3.63, 3.8) is 0 Å². The normalized spacial score (nSPS) is 22.0. The van der Waals surface area contributed by atoms with Crippen LogP contribution in [0.3, 0.4) is 0 Å². The third-order valence-electron chi connectivity index (χ3n) is 17.4. The quantitative estimate of drug-likeness (QED) is 0.0755. The van der Waals surface area contributed by atoms with Gasteiger partial charge in [0.05, 0.1) is 23.5 Å². The van der Waals surface area contributed by atoms with Gasteiger partial charge in [0, 0.05) is 82.0 Å². The maximum absolute atomic E-state index is 14.3. The fraction of sp³-hybridized carbons (Fsp3) is 0.358. The van der Waals surface area contributed by atoms with E-state index in [0.29, 0.717) is 81.2 Å². The summed E-state index contributed by atoms with van der Waals surface area (Å²) < 4.78 is 0. The van der Waals surface area contributed by atoms with E-state index in [9.17, 15) is 24.0 Å². The molecule has 18 heteroatoms. The number of benzene rings is 6. The van der Waals surface area contributed by atoms with Gasteiger partial charge in [0.2, 0.25) is 17.7 Å². The van der Waals surface area contributed by atoms with Crippen LogP contribution in [-0.4, -0.2) is 136 Å². The number of amides is 5. The van der Waals surface area contributed by atoms with Crippen LogP contribution in [-0.2, 0) is 75.5 Å². The van der Waals surface area contributed by atoms with Crippen LogP contribution in [0.15, 0.2) is 168 Å². The molecule has 16 nitrogen and oxygen atoms in total. The maximum Gasteiger partial charge on any atom is 0.256 e. The summed E-state index contributed by atoms with van der Waals surface area (Å²) in [6.45, 7) is 2.05. The summed E-state index contributed by atoms with van der Waals surface area (Å²) >= 11 is 12.1. The summed E-state index contributed by atoms with van der Waals surface area (Å²) in [4.78, 5) is 71.2. The molecule has 442 valence electrons. The molecule has 2 unspecified atom stereocenters. The molecule has 5 heterocycles. The molecule has 1 aliphatic carbocycles. The molecule has 0 bridgehead atoms. The molecule has 5 amide bonds. The number of nitrogens with one attached hydrogen (secondary N) is 2. The van der Waals surface area contributed by atoms with Crippen LogP contribution in [0.25, 0.3) is 0 Å². The Kier molecular flexibility index (Phi) is 19.1. The lowest BCUT2D eigenvalue weighted by molar-refractivity contribution is -0.142. The standard InChI is InChI=1S/C33H34ClN5O3.C23H25ClN4O2.C11H14O2/c1-38-32(42)33(19-23-7-3-2-4-8-23)21-39(16-15-29(33)37-38)31(41)28(17-22-11-13-26(34)14-12-22)36-30(40)27-18-24-9-5-6-10-25(24)20-35-27;1-27-22(30)23(14-17-5-3-2-4-6-17)15-28(12-11-20(23)26-27)21(29)19(25)13-16-7-9-18(24)10-8-16;12-11(13)10-6-5-8-3-1-2-4-9(8)7-10/h2-14,27-28,35H,15-21H2,1H3,(H,36,40);2-10,19H,11-15,25H2,1H3;1-4,10-13H,5-7H2/t27-,28-,33?;19-,23?;10-/m111/s1. The first-order chi connectivity index (χ1) is 41.0. The fourth-order valence-corrected chi connectivity index (χ4v) is 13.0. The maximum atomic E-state index is 14.3. The number of aliphatic hydroxyl groups is 2. The van der Waals surface area contributed by atoms with E-state index in [4.69, 9.17) is 39.1 Å². The molecule has 6 atom stereocenters. The van der Waals surface area contributed by atoms with Crippen molar-refractivity contribution in [3.8, 4) is 0 Å². The molecule has 6 aromatic rings. The number of carbonyl (C=O) groups is 5. The van der Waals surface area contributed by atoms with Crippen molar-refractivity contribution in [2.24, 2.45) is 32.7 Å². The van der Waals surface area contributed by atoms with Gasteiger partial charge in [-0.1, -0.05) is 157 Å². The predicted octanol–water partition coefficient (Wildman–Crippen LogP) is 6.97. The number of hydrazone groups is 2. The van der Waals surface area contributed by atoms with E-state index in [1.165, 1.54) is 26.7 Å². The number of carbonyl (C=O) groups excluding carboxylic acids is 5. The van der Waals surface area contributed by atoms with Crippen LogP contribution in [0.4, 0.5) is 0 Å². The third-order valence-corrected chi connectivity index (χ3v) is 17.9. The van der Waals surface area contributed by atoms with Crippen molar-refractivity contribution in [1.82, 2.24) is 30.5 Å². The van der Waals surface area contributed by atoms with Gasteiger partial charge < -0.3 is 36.4 Å². The van der Waals surface area contributed by atoms with Crippen LogP contribution in [0, 0.1) is 16.7 Å². The average Bonchev–Trinajstić information content (AvgIpc) is 2.05. The Bertz CT molecular complexity index is 3440. The number of aliphatic hydroxyl groups excluding tert-OH is 1. The Balaban J connectivity index is 0.000000161. The van der Waals surface area contributed by atoms with Gasteiger partial charge >= 0.3 is 0 Å². The summed E-state index contributed by atoms with van der Waals surface area (Å²) in [6.07, 6.45) is 4.82. The molecule has 0 radical (unpaired) electrons. The molecule has 12 rings (SSSR count). The van der Waals surface area contributed by atoms with E-state index >= 15 is 0 Å². The molecule has 6 aromatic carbocycles. The lowest BCUT2D eigenvalue weighted by atomic mass is 9.73. The highest BCUT2D eigenvalue weighted by Crippen LogP contribution is 2.40. The zero-order valence-electron chi connectivity index (χ0n) is 48.0. The second-order valence-electron chi connectivity index (χ2n) is 23.2. The van der Waals surface area contributed by atoms with Gasteiger partial charge in [-0.2, -0.15) is 10.2 Å². The molecule has 2 fully saturated rings. The highest BCUT2D eigenvalue weighted by Gasteiger charge is 2.55. The molecule has 0 aromatic heterocycles. The van der Waals surface area contributed by atoms with Gasteiger partial charge in [0.25, 0.3) is 11.8 Å². The van der Waals surface area contributed by atoms with Crippen molar-refractivity contribution in [1.29, 1.82) is 0 Å². The van der Waals surface area contributed by atoms with E-state index < -0.39 is 35.2 Å². The zero-order valence-corrected chi connectivity index (χ0v) is 49.5. The Hall–Kier alpha value is -7.57. The number of nitrogens with two attached hydrogens (primary N) is 1. The molecule has 6 aliphatic rings. The van der Waals surface area contributed by atoms with Crippen molar-refractivity contribution < 1.29 is 34.2 Å². The number of likely N-dealkylation sites (tertiary alicyclic amines) is 2. The van der Waals surface area contributed by atoms with E-state index in [-0.39, 0.29) is 42.0 Å². The predicted molar refractivity (Wildman–Crippen MR) is 329 cm³/mol. The van der Waals surface area contributed by atoms with Crippen LogP contribution >= 0.6 is 23.2 Å². The van der Waals surface area contributed by atoms with Gasteiger partial charge in [-0.3, -0.25) is 24.0 Å². The third kappa shape index (κ3) is 13.9. The fourth-order valence-electron chi connectivity index (χ4n) is 12.8. The lowest BCUT2D eigenvalue weighted by Gasteiger charge is -2.41. The largest absolute Gasteiger partial charge is 0.368 e. The summed E-state index contributed by atoms with van der Waals surface area (Å²) in [5, 5.41) is 37.7. The number of hydrogen-bond donors (Lipinski definition) is 5. The van der Waals surface area contributed by atoms with Crippen molar-refractivity contribution in [2.75, 3.05) is 40.3 Å². The summed E-state index contributed by atoms with van der Waals surface area (Å²) in [7, 11) is 3.35. The average molecular weight is 1190 g/mol. The van der Waals surface area contributed by atoms with Crippen molar-refractivity contribution in [2.45, 2.75) is 95.2 Å². The summed E-state index contributed by atoms with van der Waals surface area (Å²) in [5.74, 6) is -0.712. The number of nitrogens with zero attached hydrogens (tertiary/aromatic N) is 6. The van der Waals surface area contributed by atoms with E-state index in [0.717, 1.165) is 58.5 Å². The minimum atomic E-state index is -1.16. The second-order valence-corrected chi connectivity index (χ2v) is 24.1. The zero-order chi connectivity index (χ0) is 59.8. The number of hydrogen-bond acceptors (Lipinski definition) is 11. The van der Waals surface area contributed by atoms with Crippen molar-refractivity contribution >= 4 is 64.2 Å². The first kappa shape index (κ1) is 60.5. The van der Waals surface area contributed by atoms with E-state index in [1.54, 1.807) is 48.2 Å². The molecular formula is C67H73Cl2N9O7. The molecule has 2 saturated heterocycles. The number of piperidine rings is 2. The van der Waals surface area contributed by atoms with Crippen molar-refractivity contribution in [3.05, 3.63) is 212 Å². The number of aryl methyl sites for hydroxylation is 1.